The van der Waals surface area contributed by atoms with Crippen molar-refractivity contribution in [2.45, 2.75) is 59.0 Å². The number of amides is 3. The highest BCUT2D eigenvalue weighted by atomic mass is 19.4. The molecular formula is C33H38F3N3O7. The lowest BCUT2D eigenvalue weighted by molar-refractivity contribution is -0.158. The van der Waals surface area contributed by atoms with Gasteiger partial charge in [-0.1, -0.05) is 24.3 Å². The number of hydrogen-bond donors (Lipinski definition) is 1. The lowest BCUT2D eigenvalue weighted by atomic mass is 9.71. The fourth-order valence-electron chi connectivity index (χ4n) is 5.67. The zero-order valence-corrected chi connectivity index (χ0v) is 26.4. The molecule has 2 aliphatic heterocycles. The summed E-state index contributed by atoms with van der Waals surface area (Å²) in [7, 11) is 1.53. The minimum Gasteiger partial charge on any atom is -0.497 e. The number of carbonyl (C=O) groups is 4. The second kappa shape index (κ2) is 13.4. The van der Waals surface area contributed by atoms with E-state index in [1.807, 2.05) is 0 Å². The first-order valence-corrected chi connectivity index (χ1v) is 14.8. The summed E-state index contributed by atoms with van der Waals surface area (Å²) in [5.74, 6) is -2.66. The standard InChI is InChI=1S/C33H38F3N3O7/c1-6-45-29(42)32-20-38(30(43)46-31(2,3)4)15-14-26(32)39(19-21-10-12-24(44-5)13-11-21)28(41)25(32)17-27(40)37-18-22-8-7-9-23(16-22)33(34,35)36/h7-14,16,25H,6,15,17-20H2,1-5H3,(H,37,40)/t25-,32-/m1/s1. The lowest BCUT2D eigenvalue weighted by Gasteiger charge is -2.40. The van der Waals surface area contributed by atoms with E-state index < -0.39 is 59.0 Å². The van der Waals surface area contributed by atoms with Crippen molar-refractivity contribution in [3.05, 3.63) is 77.0 Å². The van der Waals surface area contributed by atoms with Crippen LogP contribution in [-0.2, 0) is 43.1 Å². The van der Waals surface area contributed by atoms with Gasteiger partial charge >= 0.3 is 18.2 Å². The van der Waals surface area contributed by atoms with Crippen molar-refractivity contribution >= 4 is 23.9 Å². The van der Waals surface area contributed by atoms with Gasteiger partial charge in [-0.2, -0.15) is 13.2 Å². The molecule has 0 saturated carbocycles. The highest BCUT2D eigenvalue weighted by Crippen LogP contribution is 2.51. The van der Waals surface area contributed by atoms with Crippen molar-refractivity contribution in [3.8, 4) is 5.75 Å². The van der Waals surface area contributed by atoms with Gasteiger partial charge in [-0.3, -0.25) is 14.4 Å². The van der Waals surface area contributed by atoms with Gasteiger partial charge in [0.05, 0.1) is 31.7 Å². The minimum absolute atomic E-state index is 0.0264. The number of carbonyl (C=O) groups excluding carboxylic acids is 4. The quantitative estimate of drug-likeness (QED) is 0.379. The highest BCUT2D eigenvalue weighted by molar-refractivity contribution is 5.99. The summed E-state index contributed by atoms with van der Waals surface area (Å²) in [6.45, 7) is 6.24. The van der Waals surface area contributed by atoms with E-state index in [1.165, 1.54) is 29.0 Å². The normalized spacial score (nSPS) is 19.7. The fraction of sp³-hybridized carbons (Fsp3) is 0.455. The maximum Gasteiger partial charge on any atom is 0.416 e. The molecule has 2 aromatic rings. The van der Waals surface area contributed by atoms with Crippen LogP contribution in [0.25, 0.3) is 0 Å². The molecule has 1 saturated heterocycles. The average molecular weight is 646 g/mol. The zero-order chi connectivity index (χ0) is 33.9. The maximum absolute atomic E-state index is 14.2. The third kappa shape index (κ3) is 7.45. The van der Waals surface area contributed by atoms with E-state index in [9.17, 15) is 32.3 Å². The van der Waals surface area contributed by atoms with Crippen LogP contribution < -0.4 is 10.1 Å². The van der Waals surface area contributed by atoms with E-state index in [-0.39, 0.29) is 38.3 Å². The number of fused-ring (bicyclic) bond motifs is 1. The summed E-state index contributed by atoms with van der Waals surface area (Å²) < 4.78 is 55.9. The van der Waals surface area contributed by atoms with Crippen molar-refractivity contribution in [1.29, 1.82) is 0 Å². The van der Waals surface area contributed by atoms with Crippen LogP contribution in [0.3, 0.4) is 0 Å². The first kappa shape index (κ1) is 34.3. The summed E-state index contributed by atoms with van der Waals surface area (Å²) >= 11 is 0. The monoisotopic (exact) mass is 645 g/mol. The van der Waals surface area contributed by atoms with Gasteiger partial charge in [0.25, 0.3) is 0 Å². The first-order valence-electron chi connectivity index (χ1n) is 14.8. The number of rotatable bonds is 9. The number of ether oxygens (including phenoxy) is 3. The van der Waals surface area contributed by atoms with Crippen molar-refractivity contribution < 1.29 is 46.6 Å². The van der Waals surface area contributed by atoms with Gasteiger partial charge in [0.2, 0.25) is 11.8 Å². The van der Waals surface area contributed by atoms with Gasteiger partial charge in [0.1, 0.15) is 16.8 Å². The predicted octanol–water partition coefficient (Wildman–Crippen LogP) is 5.06. The van der Waals surface area contributed by atoms with Crippen LogP contribution in [0.1, 0.15) is 50.8 Å². The number of hydrogen-bond acceptors (Lipinski definition) is 7. The van der Waals surface area contributed by atoms with Crippen molar-refractivity contribution in [3.63, 3.8) is 0 Å². The molecule has 1 fully saturated rings. The van der Waals surface area contributed by atoms with E-state index in [0.29, 0.717) is 11.4 Å². The number of esters is 1. The van der Waals surface area contributed by atoms with Crippen LogP contribution in [0.5, 0.6) is 5.75 Å². The molecule has 13 heteroatoms. The van der Waals surface area contributed by atoms with Gasteiger partial charge in [-0.15, -0.1) is 0 Å². The average Bonchev–Trinajstić information content (AvgIpc) is 3.22. The van der Waals surface area contributed by atoms with Crippen molar-refractivity contribution in [1.82, 2.24) is 15.1 Å². The molecule has 0 bridgehead atoms. The van der Waals surface area contributed by atoms with Crippen LogP contribution in [-0.4, -0.2) is 66.1 Å². The van der Waals surface area contributed by atoms with Crippen LogP contribution in [0, 0.1) is 11.3 Å². The molecule has 10 nitrogen and oxygen atoms in total. The topological polar surface area (TPSA) is 114 Å². The molecule has 0 radical (unpaired) electrons. The molecule has 2 heterocycles. The van der Waals surface area contributed by atoms with Crippen LogP contribution in [0.2, 0.25) is 0 Å². The van der Waals surface area contributed by atoms with Crippen LogP contribution >= 0.6 is 0 Å². The Kier molecular flexibility index (Phi) is 10.0. The molecule has 0 aliphatic carbocycles. The second-order valence-electron chi connectivity index (χ2n) is 12.1. The van der Waals surface area contributed by atoms with Crippen LogP contribution in [0.4, 0.5) is 18.0 Å². The number of methoxy groups -OCH3 is 1. The minimum atomic E-state index is -4.56. The van der Waals surface area contributed by atoms with E-state index in [2.05, 4.69) is 5.32 Å². The number of likely N-dealkylation sites (tertiary alicyclic amines) is 1. The Balaban J connectivity index is 1.69. The third-order valence-corrected chi connectivity index (χ3v) is 7.78. The Morgan fingerprint density at radius 1 is 1.04 bits per heavy atom. The van der Waals surface area contributed by atoms with Gasteiger partial charge in [-0.25, -0.2) is 4.79 Å². The van der Waals surface area contributed by atoms with Gasteiger partial charge in [0, 0.05) is 31.8 Å². The zero-order valence-electron chi connectivity index (χ0n) is 26.4. The Morgan fingerprint density at radius 3 is 2.35 bits per heavy atom. The Bertz CT molecular complexity index is 1500. The van der Waals surface area contributed by atoms with Crippen molar-refractivity contribution in [2.24, 2.45) is 11.3 Å². The van der Waals surface area contributed by atoms with E-state index >= 15 is 0 Å². The van der Waals surface area contributed by atoms with Gasteiger partial charge in [0.15, 0.2) is 0 Å². The molecular weight excluding hydrogens is 607 g/mol. The lowest BCUT2D eigenvalue weighted by Crippen LogP contribution is -2.54. The number of benzene rings is 2. The Morgan fingerprint density at radius 2 is 1.74 bits per heavy atom. The molecule has 46 heavy (non-hydrogen) atoms. The maximum atomic E-state index is 14.2. The predicted molar refractivity (Wildman–Crippen MR) is 160 cm³/mol. The number of halogens is 3. The second-order valence-corrected chi connectivity index (χ2v) is 12.1. The molecule has 248 valence electrons. The smallest absolute Gasteiger partial charge is 0.416 e. The number of alkyl halides is 3. The summed E-state index contributed by atoms with van der Waals surface area (Å²) in [5, 5.41) is 2.58. The molecule has 4 rings (SSSR count). The Hall–Kier alpha value is -4.55. The molecule has 2 aliphatic rings. The molecule has 2 aromatic carbocycles. The largest absolute Gasteiger partial charge is 0.497 e. The summed E-state index contributed by atoms with van der Waals surface area (Å²) in [6.07, 6.45) is -4.15. The summed E-state index contributed by atoms with van der Waals surface area (Å²) in [4.78, 5) is 57.3. The summed E-state index contributed by atoms with van der Waals surface area (Å²) in [6, 6.07) is 11.5. The SMILES string of the molecule is CCOC(=O)[C@@]12CN(C(=O)OC(C)(C)C)CC=C1N(Cc1ccc(OC)cc1)C(=O)[C@H]2CC(=O)NCc1cccc(C(F)(F)F)c1. The van der Waals surface area contributed by atoms with E-state index in [0.717, 1.165) is 17.7 Å². The fourth-order valence-corrected chi connectivity index (χ4v) is 5.67. The number of nitrogens with one attached hydrogen (secondary N) is 1. The molecule has 0 aromatic heterocycles. The van der Waals surface area contributed by atoms with Gasteiger partial charge < -0.3 is 29.3 Å². The highest BCUT2D eigenvalue weighted by Gasteiger charge is 2.64. The molecule has 3 amide bonds. The molecule has 1 N–H and O–H groups in total. The Labute approximate surface area is 265 Å². The molecule has 2 atom stereocenters. The first-order chi connectivity index (χ1) is 21.6. The van der Waals surface area contributed by atoms with Crippen molar-refractivity contribution in [2.75, 3.05) is 26.8 Å². The number of nitrogens with zero attached hydrogens (tertiary/aromatic N) is 2. The summed E-state index contributed by atoms with van der Waals surface area (Å²) in [5.41, 5.74) is -2.22. The van der Waals surface area contributed by atoms with E-state index in [4.69, 9.17) is 14.2 Å². The molecule has 0 unspecified atom stereocenters. The third-order valence-electron chi connectivity index (χ3n) is 7.78. The van der Waals surface area contributed by atoms with Gasteiger partial charge in [-0.05, 0) is 69.2 Å². The van der Waals surface area contributed by atoms with E-state index in [1.54, 1.807) is 58.0 Å². The molecule has 0 spiro atoms. The van der Waals surface area contributed by atoms with Crippen LogP contribution in [0.15, 0.2) is 60.3 Å².